The van der Waals surface area contributed by atoms with Gasteiger partial charge in [0.25, 0.3) is 0 Å². The van der Waals surface area contributed by atoms with Crippen molar-refractivity contribution in [3.63, 3.8) is 0 Å². The lowest BCUT2D eigenvalue weighted by Crippen LogP contribution is -2.43. The van der Waals surface area contributed by atoms with E-state index in [9.17, 15) is 24.0 Å². The molecule has 0 bridgehead atoms. The SMILES string of the molecule is COC(=O)CCCNC(=O)CN1C(=O)C(=O)N(C2CCCC2)C1=O. The van der Waals surface area contributed by atoms with E-state index in [1.807, 2.05) is 0 Å². The maximum Gasteiger partial charge on any atom is 0.334 e. The number of hydrogen-bond acceptors (Lipinski definition) is 6. The molecule has 24 heavy (non-hydrogen) atoms. The highest BCUT2D eigenvalue weighted by molar-refractivity contribution is 6.45. The maximum absolute atomic E-state index is 12.3. The van der Waals surface area contributed by atoms with E-state index in [-0.39, 0.29) is 25.0 Å². The van der Waals surface area contributed by atoms with Crippen molar-refractivity contribution in [1.82, 2.24) is 15.1 Å². The standard InChI is InChI=1S/C15H21N3O6/c1-24-12(20)7-4-8-16-11(19)9-17-13(21)14(22)18(15(17)23)10-5-2-3-6-10/h10H,2-9H2,1H3,(H,16,19). The second kappa shape index (κ2) is 7.89. The Bertz CT molecular complexity index is 555. The summed E-state index contributed by atoms with van der Waals surface area (Å²) in [7, 11) is 1.28. The molecule has 0 spiro atoms. The van der Waals surface area contributed by atoms with E-state index in [4.69, 9.17) is 0 Å². The average molecular weight is 339 g/mol. The monoisotopic (exact) mass is 339 g/mol. The fraction of sp³-hybridized carbons (Fsp3) is 0.667. The zero-order valence-electron chi connectivity index (χ0n) is 13.6. The fourth-order valence-corrected chi connectivity index (χ4v) is 2.91. The van der Waals surface area contributed by atoms with E-state index in [0.29, 0.717) is 24.2 Å². The van der Waals surface area contributed by atoms with Crippen LogP contribution in [0.5, 0.6) is 0 Å². The number of methoxy groups -OCH3 is 1. The van der Waals surface area contributed by atoms with Gasteiger partial charge in [0.1, 0.15) is 6.54 Å². The van der Waals surface area contributed by atoms with Crippen molar-refractivity contribution < 1.29 is 28.7 Å². The van der Waals surface area contributed by atoms with Gasteiger partial charge >= 0.3 is 23.8 Å². The van der Waals surface area contributed by atoms with E-state index in [0.717, 1.165) is 17.7 Å². The number of carbonyl (C=O) groups excluding carboxylic acids is 5. The molecule has 1 aliphatic heterocycles. The van der Waals surface area contributed by atoms with Crippen molar-refractivity contribution in [1.29, 1.82) is 0 Å². The number of imide groups is 2. The summed E-state index contributed by atoms with van der Waals surface area (Å²) in [5.74, 6) is -2.75. The number of rotatable bonds is 7. The molecule has 0 aromatic heterocycles. The van der Waals surface area contributed by atoms with Crippen molar-refractivity contribution in [2.75, 3.05) is 20.2 Å². The van der Waals surface area contributed by atoms with E-state index < -0.39 is 30.3 Å². The van der Waals surface area contributed by atoms with Crippen LogP contribution in [0.1, 0.15) is 38.5 Å². The number of nitrogens with zero attached hydrogens (tertiary/aromatic N) is 2. The summed E-state index contributed by atoms with van der Waals surface area (Å²) >= 11 is 0. The first-order valence-corrected chi connectivity index (χ1v) is 7.98. The van der Waals surface area contributed by atoms with Crippen LogP contribution in [-0.4, -0.2) is 65.8 Å². The Labute approximate surface area is 139 Å². The number of esters is 1. The van der Waals surface area contributed by atoms with E-state index >= 15 is 0 Å². The Morgan fingerprint density at radius 1 is 1.17 bits per heavy atom. The van der Waals surface area contributed by atoms with Gasteiger partial charge in [0, 0.05) is 19.0 Å². The molecule has 0 aromatic rings. The summed E-state index contributed by atoms with van der Waals surface area (Å²) in [6.07, 6.45) is 3.75. The zero-order valence-corrected chi connectivity index (χ0v) is 13.6. The topological polar surface area (TPSA) is 113 Å². The van der Waals surface area contributed by atoms with Gasteiger partial charge in [-0.2, -0.15) is 0 Å². The van der Waals surface area contributed by atoms with Crippen LogP contribution in [0.15, 0.2) is 0 Å². The first kappa shape index (κ1) is 17.9. The molecule has 0 atom stereocenters. The van der Waals surface area contributed by atoms with Gasteiger partial charge in [0.2, 0.25) is 5.91 Å². The van der Waals surface area contributed by atoms with Crippen molar-refractivity contribution in [2.45, 2.75) is 44.6 Å². The lowest BCUT2D eigenvalue weighted by Gasteiger charge is -2.20. The lowest BCUT2D eigenvalue weighted by atomic mass is 10.2. The molecular weight excluding hydrogens is 318 g/mol. The molecule has 9 heteroatoms. The van der Waals surface area contributed by atoms with Crippen LogP contribution in [-0.2, 0) is 23.9 Å². The zero-order chi connectivity index (χ0) is 17.7. The van der Waals surface area contributed by atoms with Crippen LogP contribution in [0.2, 0.25) is 0 Å². The molecule has 2 fully saturated rings. The van der Waals surface area contributed by atoms with Crippen molar-refractivity contribution >= 4 is 29.7 Å². The Hall–Kier alpha value is -2.45. The van der Waals surface area contributed by atoms with E-state index in [2.05, 4.69) is 10.1 Å². The minimum absolute atomic E-state index is 0.159. The van der Waals surface area contributed by atoms with E-state index in [1.165, 1.54) is 7.11 Å². The third kappa shape index (κ3) is 3.90. The summed E-state index contributed by atoms with van der Waals surface area (Å²) < 4.78 is 4.47. The molecule has 0 unspecified atom stereocenters. The minimum Gasteiger partial charge on any atom is -0.469 e. The number of hydrogen-bond donors (Lipinski definition) is 1. The summed E-state index contributed by atoms with van der Waals surface area (Å²) in [4.78, 5) is 60.7. The summed E-state index contributed by atoms with van der Waals surface area (Å²) in [5.41, 5.74) is 0. The number of nitrogens with one attached hydrogen (secondary N) is 1. The highest BCUT2D eigenvalue weighted by atomic mass is 16.5. The van der Waals surface area contributed by atoms with Crippen LogP contribution in [0.4, 0.5) is 4.79 Å². The molecule has 5 amide bonds. The van der Waals surface area contributed by atoms with Gasteiger partial charge in [-0.3, -0.25) is 24.1 Å². The fourth-order valence-electron chi connectivity index (χ4n) is 2.91. The Balaban J connectivity index is 1.84. The minimum atomic E-state index is -0.961. The number of carbonyl (C=O) groups is 5. The predicted octanol–water partition coefficient (Wildman–Crippen LogP) is -0.211. The molecule has 132 valence electrons. The molecule has 1 saturated carbocycles. The molecule has 1 saturated heterocycles. The van der Waals surface area contributed by atoms with Gasteiger partial charge in [0.05, 0.1) is 7.11 Å². The van der Waals surface area contributed by atoms with Crippen molar-refractivity contribution in [3.05, 3.63) is 0 Å². The van der Waals surface area contributed by atoms with Crippen LogP contribution < -0.4 is 5.32 Å². The molecule has 0 aromatic carbocycles. The van der Waals surface area contributed by atoms with Crippen LogP contribution in [0.25, 0.3) is 0 Å². The van der Waals surface area contributed by atoms with Gasteiger partial charge in [-0.05, 0) is 19.3 Å². The second-order valence-electron chi connectivity index (χ2n) is 5.82. The van der Waals surface area contributed by atoms with Gasteiger partial charge in [-0.1, -0.05) is 12.8 Å². The largest absolute Gasteiger partial charge is 0.469 e. The Morgan fingerprint density at radius 3 is 2.46 bits per heavy atom. The summed E-state index contributed by atoms with van der Waals surface area (Å²) in [6.45, 7) is -0.282. The Morgan fingerprint density at radius 2 is 1.83 bits per heavy atom. The normalized spacial score (nSPS) is 18.5. The van der Waals surface area contributed by atoms with Crippen LogP contribution in [0.3, 0.4) is 0 Å². The number of amides is 5. The average Bonchev–Trinajstić information content (AvgIpc) is 3.15. The first-order valence-electron chi connectivity index (χ1n) is 7.98. The van der Waals surface area contributed by atoms with Gasteiger partial charge in [-0.15, -0.1) is 0 Å². The molecule has 1 heterocycles. The van der Waals surface area contributed by atoms with Crippen molar-refractivity contribution in [2.24, 2.45) is 0 Å². The van der Waals surface area contributed by atoms with Crippen LogP contribution in [0, 0.1) is 0 Å². The highest BCUT2D eigenvalue weighted by Gasteiger charge is 2.48. The highest BCUT2D eigenvalue weighted by Crippen LogP contribution is 2.27. The molecule has 1 N–H and O–H groups in total. The molecule has 9 nitrogen and oxygen atoms in total. The molecule has 2 aliphatic rings. The van der Waals surface area contributed by atoms with Gasteiger partial charge < -0.3 is 10.1 Å². The first-order chi connectivity index (χ1) is 11.5. The number of ether oxygens (including phenoxy) is 1. The summed E-state index contributed by atoms with van der Waals surface area (Å²) in [6, 6.07) is -0.969. The van der Waals surface area contributed by atoms with E-state index in [1.54, 1.807) is 0 Å². The maximum atomic E-state index is 12.3. The quantitative estimate of drug-likeness (QED) is 0.297. The Kier molecular flexibility index (Phi) is 5.88. The van der Waals surface area contributed by atoms with Gasteiger partial charge in [0.15, 0.2) is 0 Å². The third-order valence-corrected chi connectivity index (χ3v) is 4.18. The smallest absolute Gasteiger partial charge is 0.334 e. The molecule has 1 aliphatic carbocycles. The van der Waals surface area contributed by atoms with Crippen LogP contribution >= 0.6 is 0 Å². The lowest BCUT2D eigenvalue weighted by molar-refractivity contribution is -0.144. The van der Waals surface area contributed by atoms with Gasteiger partial charge in [-0.25, -0.2) is 9.69 Å². The van der Waals surface area contributed by atoms with Crippen molar-refractivity contribution in [3.8, 4) is 0 Å². The summed E-state index contributed by atoms with van der Waals surface area (Å²) in [5, 5.41) is 2.51. The molecular formula is C15H21N3O6. The number of urea groups is 1. The molecule has 2 rings (SSSR count). The third-order valence-electron chi connectivity index (χ3n) is 4.18. The molecule has 0 radical (unpaired) electrons. The second-order valence-corrected chi connectivity index (χ2v) is 5.82. The predicted molar refractivity (Wildman–Crippen MR) is 80.5 cm³/mol.